The van der Waals surface area contributed by atoms with E-state index in [1.807, 2.05) is 11.0 Å². The van der Waals surface area contributed by atoms with Gasteiger partial charge in [0.05, 0.1) is 12.2 Å². The molecule has 182 valence electrons. The van der Waals surface area contributed by atoms with Crippen LogP contribution < -0.4 is 10.1 Å². The second-order valence-electron chi connectivity index (χ2n) is 9.16. The van der Waals surface area contributed by atoms with Crippen LogP contribution in [0.3, 0.4) is 0 Å². The topological polar surface area (TPSA) is 89.4 Å². The van der Waals surface area contributed by atoms with Gasteiger partial charge in [0.1, 0.15) is 11.6 Å². The molecule has 1 saturated carbocycles. The Balaban J connectivity index is 1.11. The summed E-state index contributed by atoms with van der Waals surface area (Å²) in [4.78, 5) is 26.8. The lowest BCUT2D eigenvalue weighted by Gasteiger charge is -2.28. The van der Waals surface area contributed by atoms with Gasteiger partial charge in [-0.2, -0.15) is 0 Å². The van der Waals surface area contributed by atoms with Gasteiger partial charge in [-0.05, 0) is 73.9 Å². The van der Waals surface area contributed by atoms with Crippen molar-refractivity contribution in [1.29, 1.82) is 0 Å². The van der Waals surface area contributed by atoms with E-state index in [1.165, 1.54) is 12.1 Å². The summed E-state index contributed by atoms with van der Waals surface area (Å²) in [5.41, 5.74) is 2.08. The molecule has 2 aliphatic rings. The van der Waals surface area contributed by atoms with Crippen molar-refractivity contribution >= 4 is 12.0 Å². The molecule has 0 atom stereocenters. The molecule has 1 N–H and O–H groups in total. The van der Waals surface area contributed by atoms with Crippen molar-refractivity contribution in [2.24, 2.45) is 0 Å². The first-order valence-corrected chi connectivity index (χ1v) is 12.1. The molecule has 1 aliphatic heterocycles. The summed E-state index contributed by atoms with van der Waals surface area (Å²) in [7, 11) is 0. The van der Waals surface area contributed by atoms with Crippen LogP contribution in [0.1, 0.15) is 55.1 Å². The van der Waals surface area contributed by atoms with Gasteiger partial charge in [-0.3, -0.25) is 4.79 Å². The molecule has 2 amide bonds. The number of rotatable bonds is 5. The predicted molar refractivity (Wildman–Crippen MR) is 127 cm³/mol. The molecule has 1 aromatic heterocycles. The zero-order valence-electron chi connectivity index (χ0n) is 19.4. The number of likely N-dealkylation sites (tertiary alicyclic amines) is 1. The Morgan fingerprint density at radius 2 is 1.71 bits per heavy atom. The molecule has 0 spiro atoms. The fourth-order valence-corrected chi connectivity index (χ4v) is 4.80. The number of halogens is 1. The molecule has 1 aliphatic carbocycles. The number of carbonyl (C=O) groups excluding carboxylic acids is 2. The smallest absolute Gasteiger partial charge is 0.410 e. The highest BCUT2D eigenvalue weighted by molar-refractivity contribution is 5.92. The third-order valence-corrected chi connectivity index (χ3v) is 6.74. The first-order valence-electron chi connectivity index (χ1n) is 12.1. The summed E-state index contributed by atoms with van der Waals surface area (Å²) in [5.74, 6) is 0.0845. The molecule has 5 rings (SSSR count). The zero-order valence-corrected chi connectivity index (χ0v) is 19.4. The molecule has 2 aromatic carbocycles. The molecule has 3 aromatic rings. The average Bonchev–Trinajstić information content (AvgIpc) is 3.58. The maximum Gasteiger partial charge on any atom is 0.412 e. The highest BCUT2D eigenvalue weighted by Crippen LogP contribution is 2.29. The van der Waals surface area contributed by atoms with Crippen molar-refractivity contribution in [3.8, 4) is 16.9 Å². The van der Waals surface area contributed by atoms with E-state index in [0.29, 0.717) is 11.4 Å². The highest BCUT2D eigenvalue weighted by Gasteiger charge is 2.27. The monoisotopic (exact) mass is 477 g/mol. The number of benzene rings is 2. The van der Waals surface area contributed by atoms with Gasteiger partial charge >= 0.3 is 6.09 Å². The SMILES string of the molecule is O=C(N[C@H]1CC[C@@H](n2cc(C(=O)N3CCCC3)nn2)CC1)Oc1cccc(-c2ccc(F)cc2)c1. The largest absolute Gasteiger partial charge is 0.412 e. The average molecular weight is 478 g/mol. The predicted octanol–water partition coefficient (Wildman–Crippen LogP) is 4.59. The number of nitrogens with one attached hydrogen (secondary N) is 1. The minimum Gasteiger partial charge on any atom is -0.410 e. The third-order valence-electron chi connectivity index (χ3n) is 6.74. The van der Waals surface area contributed by atoms with Crippen LogP contribution in [0.25, 0.3) is 11.1 Å². The summed E-state index contributed by atoms with van der Waals surface area (Å²) in [6.07, 6.45) is 6.55. The van der Waals surface area contributed by atoms with E-state index in [9.17, 15) is 14.0 Å². The van der Waals surface area contributed by atoms with Crippen LogP contribution in [0.4, 0.5) is 9.18 Å². The van der Waals surface area contributed by atoms with Crippen LogP contribution in [0, 0.1) is 5.82 Å². The number of ether oxygens (including phenoxy) is 1. The number of amides is 2. The van der Waals surface area contributed by atoms with Gasteiger partial charge in [0.25, 0.3) is 5.91 Å². The molecule has 2 fully saturated rings. The lowest BCUT2D eigenvalue weighted by Crippen LogP contribution is -2.39. The van der Waals surface area contributed by atoms with Crippen LogP contribution in [0.2, 0.25) is 0 Å². The first kappa shape index (κ1) is 23.0. The van der Waals surface area contributed by atoms with Crippen molar-refractivity contribution in [2.75, 3.05) is 13.1 Å². The minimum atomic E-state index is -0.496. The number of hydrogen-bond donors (Lipinski definition) is 1. The van der Waals surface area contributed by atoms with Crippen molar-refractivity contribution in [3.05, 3.63) is 66.2 Å². The summed E-state index contributed by atoms with van der Waals surface area (Å²) in [6, 6.07) is 13.5. The molecule has 1 saturated heterocycles. The van der Waals surface area contributed by atoms with E-state index in [1.54, 1.807) is 41.2 Å². The summed E-state index contributed by atoms with van der Waals surface area (Å²) in [6.45, 7) is 1.57. The lowest BCUT2D eigenvalue weighted by atomic mass is 9.91. The molecule has 0 radical (unpaired) electrons. The van der Waals surface area contributed by atoms with Gasteiger partial charge < -0.3 is 15.0 Å². The summed E-state index contributed by atoms with van der Waals surface area (Å²) in [5, 5.41) is 11.2. The Bertz CT molecular complexity index is 1180. The van der Waals surface area contributed by atoms with E-state index >= 15 is 0 Å². The lowest BCUT2D eigenvalue weighted by molar-refractivity contribution is 0.0786. The second kappa shape index (κ2) is 10.2. The Morgan fingerprint density at radius 3 is 2.46 bits per heavy atom. The fraction of sp³-hybridized carbons (Fsp3) is 0.385. The maximum absolute atomic E-state index is 13.2. The van der Waals surface area contributed by atoms with Crippen LogP contribution in [-0.2, 0) is 0 Å². The van der Waals surface area contributed by atoms with Crippen molar-refractivity contribution in [3.63, 3.8) is 0 Å². The zero-order chi connectivity index (χ0) is 24.2. The summed E-state index contributed by atoms with van der Waals surface area (Å²) < 4.78 is 20.5. The van der Waals surface area contributed by atoms with E-state index in [0.717, 1.165) is 62.7 Å². The number of aromatic nitrogens is 3. The first-order chi connectivity index (χ1) is 17.0. The van der Waals surface area contributed by atoms with E-state index in [-0.39, 0.29) is 23.8 Å². The van der Waals surface area contributed by atoms with Crippen LogP contribution >= 0.6 is 0 Å². The Labute approximate surface area is 203 Å². The van der Waals surface area contributed by atoms with Gasteiger partial charge in [-0.15, -0.1) is 5.10 Å². The molecular formula is C26H28FN5O3. The molecule has 2 heterocycles. The van der Waals surface area contributed by atoms with Crippen molar-refractivity contribution in [1.82, 2.24) is 25.2 Å². The second-order valence-corrected chi connectivity index (χ2v) is 9.16. The standard InChI is InChI=1S/C26H28FN5O3/c27-20-8-6-18(7-9-20)19-4-3-5-23(16-19)35-26(34)28-21-10-12-22(13-11-21)32-17-24(29-30-32)25(33)31-14-1-2-15-31/h3-9,16-17,21-22H,1-2,10-15H2,(H,28,34)/t21-,22+. The number of hydrogen-bond acceptors (Lipinski definition) is 5. The summed E-state index contributed by atoms with van der Waals surface area (Å²) >= 11 is 0. The third kappa shape index (κ3) is 5.50. The quantitative estimate of drug-likeness (QED) is 0.581. The molecule has 9 heteroatoms. The van der Waals surface area contributed by atoms with Gasteiger partial charge in [-0.25, -0.2) is 13.9 Å². The molecule has 35 heavy (non-hydrogen) atoms. The van der Waals surface area contributed by atoms with Crippen LogP contribution in [0.5, 0.6) is 5.75 Å². The molecule has 0 bridgehead atoms. The molecule has 8 nitrogen and oxygen atoms in total. The highest BCUT2D eigenvalue weighted by atomic mass is 19.1. The van der Waals surface area contributed by atoms with E-state index in [2.05, 4.69) is 15.6 Å². The van der Waals surface area contributed by atoms with E-state index in [4.69, 9.17) is 4.74 Å². The molecular weight excluding hydrogens is 449 g/mol. The van der Waals surface area contributed by atoms with Crippen molar-refractivity contribution < 1.29 is 18.7 Å². The van der Waals surface area contributed by atoms with Gasteiger partial charge in [0.2, 0.25) is 0 Å². The van der Waals surface area contributed by atoms with E-state index < -0.39 is 6.09 Å². The normalized spacial score (nSPS) is 20.0. The minimum absolute atomic E-state index is 0.00764. The van der Waals surface area contributed by atoms with Gasteiger partial charge in [0, 0.05) is 19.1 Å². The fourth-order valence-electron chi connectivity index (χ4n) is 4.80. The number of nitrogens with zero attached hydrogens (tertiary/aromatic N) is 4. The van der Waals surface area contributed by atoms with Gasteiger partial charge in [0.15, 0.2) is 5.69 Å². The van der Waals surface area contributed by atoms with Crippen molar-refractivity contribution in [2.45, 2.75) is 50.6 Å². The van der Waals surface area contributed by atoms with Crippen LogP contribution in [-0.4, -0.2) is 51.0 Å². The van der Waals surface area contributed by atoms with Gasteiger partial charge in [-0.1, -0.05) is 29.5 Å². The van der Waals surface area contributed by atoms with Crippen LogP contribution in [0.15, 0.2) is 54.7 Å². The Hall–Kier alpha value is -3.75. The molecule has 0 unspecified atom stereocenters. The Kier molecular flexibility index (Phi) is 6.74. The number of carbonyl (C=O) groups is 2. The Morgan fingerprint density at radius 1 is 0.971 bits per heavy atom. The maximum atomic E-state index is 13.2.